The second kappa shape index (κ2) is 5.10. The van der Waals surface area contributed by atoms with Gasteiger partial charge in [-0.3, -0.25) is 0 Å². The van der Waals surface area contributed by atoms with Gasteiger partial charge in [0.05, 0.1) is 6.10 Å². The summed E-state index contributed by atoms with van der Waals surface area (Å²) in [6.07, 6.45) is 7.00. The van der Waals surface area contributed by atoms with Crippen molar-refractivity contribution in [2.24, 2.45) is 5.92 Å². The molecule has 1 aliphatic carbocycles. The summed E-state index contributed by atoms with van der Waals surface area (Å²) in [6.45, 7) is 1.16. The smallest absolute Gasteiger partial charge is 0.157 e. The van der Waals surface area contributed by atoms with Crippen molar-refractivity contribution in [1.29, 1.82) is 0 Å². The minimum absolute atomic E-state index is 0.0335. The quantitative estimate of drug-likeness (QED) is 0.753. The SMILES string of the molecule is OCC1CCC(OC2CCCCO2)C1. The molecule has 0 aromatic rings. The topological polar surface area (TPSA) is 38.7 Å². The molecule has 3 heteroatoms. The first-order valence-electron chi connectivity index (χ1n) is 5.76. The van der Waals surface area contributed by atoms with Gasteiger partial charge >= 0.3 is 0 Å². The van der Waals surface area contributed by atoms with Gasteiger partial charge in [0.15, 0.2) is 6.29 Å². The predicted octanol–water partition coefficient (Wildman–Crippen LogP) is 1.69. The van der Waals surface area contributed by atoms with Gasteiger partial charge in [-0.05, 0) is 44.4 Å². The monoisotopic (exact) mass is 200 g/mol. The van der Waals surface area contributed by atoms with E-state index in [9.17, 15) is 0 Å². The van der Waals surface area contributed by atoms with E-state index in [1.807, 2.05) is 0 Å². The van der Waals surface area contributed by atoms with Gasteiger partial charge in [-0.15, -0.1) is 0 Å². The van der Waals surface area contributed by atoms with Crippen LogP contribution < -0.4 is 0 Å². The van der Waals surface area contributed by atoms with Crippen LogP contribution in [0.25, 0.3) is 0 Å². The highest BCUT2D eigenvalue weighted by Gasteiger charge is 2.27. The number of rotatable bonds is 3. The van der Waals surface area contributed by atoms with Crippen LogP contribution in [0.1, 0.15) is 38.5 Å². The van der Waals surface area contributed by atoms with Gasteiger partial charge in [0, 0.05) is 13.2 Å². The normalized spacial score (nSPS) is 38.8. The molecule has 0 spiro atoms. The van der Waals surface area contributed by atoms with E-state index in [1.54, 1.807) is 0 Å². The third-order valence-electron chi connectivity index (χ3n) is 3.23. The van der Waals surface area contributed by atoms with Gasteiger partial charge in [-0.2, -0.15) is 0 Å². The fourth-order valence-corrected chi connectivity index (χ4v) is 2.35. The van der Waals surface area contributed by atoms with Gasteiger partial charge in [0.2, 0.25) is 0 Å². The van der Waals surface area contributed by atoms with Gasteiger partial charge in [0.1, 0.15) is 0 Å². The first kappa shape index (κ1) is 10.4. The summed E-state index contributed by atoms with van der Waals surface area (Å²) in [5.41, 5.74) is 0. The lowest BCUT2D eigenvalue weighted by Crippen LogP contribution is -2.26. The maximum Gasteiger partial charge on any atom is 0.157 e. The first-order chi connectivity index (χ1) is 6.88. The van der Waals surface area contributed by atoms with E-state index in [-0.39, 0.29) is 6.29 Å². The van der Waals surface area contributed by atoms with Crippen LogP contribution in [0.4, 0.5) is 0 Å². The molecule has 1 N–H and O–H groups in total. The molecule has 0 amide bonds. The summed E-state index contributed by atoms with van der Waals surface area (Å²) in [6, 6.07) is 0. The van der Waals surface area contributed by atoms with E-state index in [0.717, 1.165) is 32.3 Å². The molecule has 0 aromatic heterocycles. The van der Waals surface area contributed by atoms with Crippen LogP contribution in [-0.2, 0) is 9.47 Å². The lowest BCUT2D eigenvalue weighted by molar-refractivity contribution is -0.187. The van der Waals surface area contributed by atoms with Crippen molar-refractivity contribution in [3.05, 3.63) is 0 Å². The number of aliphatic hydroxyl groups excluding tert-OH is 1. The molecule has 1 aliphatic heterocycles. The molecule has 1 saturated carbocycles. The lowest BCUT2D eigenvalue weighted by atomic mass is 10.1. The van der Waals surface area contributed by atoms with Crippen molar-refractivity contribution < 1.29 is 14.6 Å². The Labute approximate surface area is 85.4 Å². The summed E-state index contributed by atoms with van der Waals surface area (Å²) in [4.78, 5) is 0. The Hall–Kier alpha value is -0.120. The van der Waals surface area contributed by atoms with Crippen molar-refractivity contribution in [2.45, 2.75) is 50.9 Å². The zero-order valence-electron chi connectivity index (χ0n) is 8.65. The highest BCUT2D eigenvalue weighted by molar-refractivity contribution is 4.76. The van der Waals surface area contributed by atoms with E-state index in [2.05, 4.69) is 0 Å². The van der Waals surface area contributed by atoms with Crippen LogP contribution in [0, 0.1) is 5.92 Å². The van der Waals surface area contributed by atoms with E-state index in [1.165, 1.54) is 12.8 Å². The Morgan fingerprint density at radius 1 is 1.21 bits per heavy atom. The summed E-state index contributed by atoms with van der Waals surface area (Å²) in [5, 5.41) is 9.00. The zero-order chi connectivity index (χ0) is 9.80. The van der Waals surface area contributed by atoms with E-state index in [4.69, 9.17) is 14.6 Å². The maximum atomic E-state index is 9.00. The van der Waals surface area contributed by atoms with Crippen LogP contribution in [-0.4, -0.2) is 30.7 Å². The largest absolute Gasteiger partial charge is 0.396 e. The van der Waals surface area contributed by atoms with Crippen molar-refractivity contribution in [2.75, 3.05) is 13.2 Å². The molecule has 14 heavy (non-hydrogen) atoms. The Kier molecular flexibility index (Phi) is 3.79. The average Bonchev–Trinajstić information content (AvgIpc) is 2.67. The van der Waals surface area contributed by atoms with Gasteiger partial charge in [-0.1, -0.05) is 0 Å². The summed E-state index contributed by atoms with van der Waals surface area (Å²) in [5.74, 6) is 0.462. The van der Waals surface area contributed by atoms with Crippen molar-refractivity contribution in [1.82, 2.24) is 0 Å². The molecular weight excluding hydrogens is 180 g/mol. The van der Waals surface area contributed by atoms with Crippen molar-refractivity contribution >= 4 is 0 Å². The summed E-state index contributed by atoms with van der Waals surface area (Å²) < 4.78 is 11.4. The molecule has 3 atom stereocenters. The third-order valence-corrected chi connectivity index (χ3v) is 3.23. The Morgan fingerprint density at radius 3 is 2.79 bits per heavy atom. The molecular formula is C11H20O3. The molecule has 1 saturated heterocycles. The molecule has 2 rings (SSSR count). The van der Waals surface area contributed by atoms with Crippen LogP contribution >= 0.6 is 0 Å². The van der Waals surface area contributed by atoms with Gasteiger partial charge in [0.25, 0.3) is 0 Å². The second-order valence-electron chi connectivity index (χ2n) is 4.42. The third kappa shape index (κ3) is 2.69. The fraction of sp³-hybridized carbons (Fsp3) is 1.00. The molecule has 0 aromatic carbocycles. The number of hydrogen-bond donors (Lipinski definition) is 1. The van der Waals surface area contributed by atoms with Crippen LogP contribution in [0.15, 0.2) is 0 Å². The number of aliphatic hydroxyl groups is 1. The average molecular weight is 200 g/mol. The summed E-state index contributed by atoms with van der Waals surface area (Å²) >= 11 is 0. The van der Waals surface area contributed by atoms with Crippen LogP contribution in [0.3, 0.4) is 0 Å². The first-order valence-corrected chi connectivity index (χ1v) is 5.76. The molecule has 3 unspecified atom stereocenters. The highest BCUT2D eigenvalue weighted by atomic mass is 16.7. The van der Waals surface area contributed by atoms with Crippen LogP contribution in [0.2, 0.25) is 0 Å². The van der Waals surface area contributed by atoms with Gasteiger partial charge < -0.3 is 14.6 Å². The van der Waals surface area contributed by atoms with Gasteiger partial charge in [-0.25, -0.2) is 0 Å². The Bertz CT molecular complexity index is 166. The maximum absolute atomic E-state index is 9.00. The molecule has 2 fully saturated rings. The van der Waals surface area contributed by atoms with Crippen LogP contribution in [0.5, 0.6) is 0 Å². The van der Waals surface area contributed by atoms with E-state index in [0.29, 0.717) is 18.6 Å². The highest BCUT2D eigenvalue weighted by Crippen LogP contribution is 2.29. The number of hydrogen-bond acceptors (Lipinski definition) is 3. The standard InChI is InChI=1S/C11H20O3/c12-8-9-4-5-10(7-9)14-11-3-1-2-6-13-11/h9-12H,1-8H2. The minimum atomic E-state index is 0.0335. The molecule has 0 bridgehead atoms. The summed E-state index contributed by atoms with van der Waals surface area (Å²) in [7, 11) is 0. The minimum Gasteiger partial charge on any atom is -0.396 e. The molecule has 3 nitrogen and oxygen atoms in total. The van der Waals surface area contributed by atoms with Crippen molar-refractivity contribution in [3.8, 4) is 0 Å². The Morgan fingerprint density at radius 2 is 2.14 bits per heavy atom. The predicted molar refractivity (Wildman–Crippen MR) is 52.9 cm³/mol. The van der Waals surface area contributed by atoms with E-state index < -0.39 is 0 Å². The molecule has 1 heterocycles. The fourth-order valence-electron chi connectivity index (χ4n) is 2.35. The Balaban J connectivity index is 1.69. The zero-order valence-corrected chi connectivity index (χ0v) is 8.65. The molecule has 2 aliphatic rings. The second-order valence-corrected chi connectivity index (χ2v) is 4.42. The molecule has 82 valence electrons. The van der Waals surface area contributed by atoms with Crippen molar-refractivity contribution in [3.63, 3.8) is 0 Å². The van der Waals surface area contributed by atoms with E-state index >= 15 is 0 Å². The molecule has 0 radical (unpaired) electrons. The lowest BCUT2D eigenvalue weighted by Gasteiger charge is -2.25. The number of ether oxygens (including phenoxy) is 2.